The van der Waals surface area contributed by atoms with E-state index >= 15 is 0 Å². The fourth-order valence-corrected chi connectivity index (χ4v) is 7.68. The number of ether oxygens (including phenoxy) is 1. The first kappa shape index (κ1) is 25.8. The van der Waals surface area contributed by atoms with Gasteiger partial charge in [0.2, 0.25) is 0 Å². The molecular weight excluding hydrogens is 420 g/mol. The van der Waals surface area contributed by atoms with E-state index in [1.807, 2.05) is 13.8 Å². The van der Waals surface area contributed by atoms with Gasteiger partial charge in [-0.05, 0) is 49.2 Å². The second-order valence-electron chi connectivity index (χ2n) is 13.0. The lowest BCUT2D eigenvalue weighted by Crippen LogP contribution is -2.62. The molecule has 2 bridgehead atoms. The predicted octanol–water partition coefficient (Wildman–Crippen LogP) is 5.36. The van der Waals surface area contributed by atoms with Crippen LogP contribution in [-0.2, 0) is 23.5 Å². The van der Waals surface area contributed by atoms with E-state index in [0.717, 1.165) is 38.3 Å². The highest BCUT2D eigenvalue weighted by atomic mass is 28.4. The molecule has 2 heterocycles. The smallest absolute Gasteiger partial charge is 0.191 e. The Labute approximate surface area is 195 Å². The predicted molar refractivity (Wildman–Crippen MR) is 128 cm³/mol. The lowest BCUT2D eigenvalue weighted by atomic mass is 9.51. The number of hydrogen-bond acceptors (Lipinski definition) is 5. The van der Waals surface area contributed by atoms with Crippen LogP contribution in [0.4, 0.5) is 0 Å². The Bertz CT molecular complexity index is 754. The summed E-state index contributed by atoms with van der Waals surface area (Å²) in [6.07, 6.45) is 6.05. The van der Waals surface area contributed by atoms with Crippen LogP contribution in [0.2, 0.25) is 18.1 Å². The largest absolute Gasteiger partial charge is 0.416 e. The van der Waals surface area contributed by atoms with Crippen molar-refractivity contribution in [3.05, 3.63) is 0 Å². The Hall–Kier alpha value is -0.853. The van der Waals surface area contributed by atoms with Crippen molar-refractivity contribution in [2.45, 2.75) is 110 Å². The summed E-state index contributed by atoms with van der Waals surface area (Å²) in [6.45, 7) is 17.9. The summed E-state index contributed by atoms with van der Waals surface area (Å²) in [5.41, 5.74) is -1.77. The van der Waals surface area contributed by atoms with Crippen LogP contribution in [0.5, 0.6) is 0 Å². The van der Waals surface area contributed by atoms with E-state index in [9.17, 15) is 14.4 Å². The van der Waals surface area contributed by atoms with Gasteiger partial charge in [0, 0.05) is 36.2 Å². The normalized spacial score (nSPS) is 39.3. The van der Waals surface area contributed by atoms with Crippen molar-refractivity contribution in [2.75, 3.05) is 6.61 Å². The van der Waals surface area contributed by atoms with E-state index in [1.165, 1.54) is 0 Å². The molecule has 3 rings (SSSR count). The molecule has 1 spiro atoms. The van der Waals surface area contributed by atoms with Crippen LogP contribution >= 0.6 is 0 Å². The van der Waals surface area contributed by atoms with Crippen molar-refractivity contribution < 1.29 is 23.5 Å². The number of hydrogen-bond donors (Lipinski definition) is 0. The quantitative estimate of drug-likeness (QED) is 0.375. The maximum Gasteiger partial charge on any atom is 0.191 e. The maximum absolute atomic E-state index is 14.5. The van der Waals surface area contributed by atoms with Crippen LogP contribution in [0, 0.1) is 28.6 Å². The van der Waals surface area contributed by atoms with Gasteiger partial charge >= 0.3 is 0 Å². The zero-order valence-corrected chi connectivity index (χ0v) is 22.5. The SMILES string of the molecule is CC1(C)C(C=O)[C@H]2C[C@]3(C)CCC[C@H](CO[Si](C)(C)C(C)(C)C)[C@@]3(O2)C(=O)[C@@H]1CCC=O. The molecule has 2 saturated heterocycles. The van der Waals surface area contributed by atoms with Gasteiger partial charge in [-0.25, -0.2) is 0 Å². The molecule has 0 aromatic carbocycles. The minimum absolute atomic E-state index is 0.0205. The Morgan fingerprint density at radius 1 is 1.19 bits per heavy atom. The zero-order valence-electron chi connectivity index (χ0n) is 21.5. The van der Waals surface area contributed by atoms with Gasteiger partial charge in [-0.3, -0.25) is 4.79 Å². The molecule has 1 saturated carbocycles. The Balaban J connectivity index is 2.06. The molecule has 32 heavy (non-hydrogen) atoms. The Kier molecular flexibility index (Phi) is 6.78. The van der Waals surface area contributed by atoms with Gasteiger partial charge in [0.15, 0.2) is 14.1 Å². The fraction of sp³-hybridized carbons (Fsp3) is 0.885. The van der Waals surface area contributed by atoms with E-state index < -0.39 is 19.3 Å². The third kappa shape index (κ3) is 3.78. The minimum atomic E-state index is -1.99. The number of rotatable bonds is 7. The molecule has 3 aliphatic rings. The van der Waals surface area contributed by atoms with Gasteiger partial charge in [0.1, 0.15) is 18.2 Å². The lowest BCUT2D eigenvalue weighted by Gasteiger charge is -2.53. The standard InChI is InChI=1S/C26H44O5Si/c1-23(2,3)32(7,8)30-17-18-11-9-13-25(6)15-21-20(16-28)24(4,5)19(12-10-14-27)22(29)26(18,25)31-21/h14,16,18-21H,9-13,15,17H2,1-8H3/t18-,19+,20?,21-,25+,26-/m1/s1. The minimum Gasteiger partial charge on any atom is -0.416 e. The van der Waals surface area contributed by atoms with Gasteiger partial charge in [-0.2, -0.15) is 0 Å². The molecular formula is C26H44O5Si. The lowest BCUT2D eigenvalue weighted by molar-refractivity contribution is -0.178. The highest BCUT2D eigenvalue weighted by Crippen LogP contribution is 2.64. The number of ketones is 1. The summed E-state index contributed by atoms with van der Waals surface area (Å²) in [5.74, 6) is -0.636. The van der Waals surface area contributed by atoms with Crippen LogP contribution in [-0.4, -0.2) is 45.0 Å². The molecule has 0 amide bonds. The number of fused-ring (bicyclic) bond motifs is 1. The molecule has 3 fully saturated rings. The van der Waals surface area contributed by atoms with Crippen LogP contribution in [0.3, 0.4) is 0 Å². The van der Waals surface area contributed by atoms with Gasteiger partial charge in [0.05, 0.1) is 6.10 Å². The summed E-state index contributed by atoms with van der Waals surface area (Å²) < 4.78 is 13.5. The number of aldehydes is 2. The number of carbonyl (C=O) groups is 3. The summed E-state index contributed by atoms with van der Waals surface area (Å²) in [5, 5.41) is 0.0896. The van der Waals surface area contributed by atoms with Gasteiger partial charge in [-0.1, -0.05) is 48.0 Å². The van der Waals surface area contributed by atoms with E-state index in [1.54, 1.807) is 0 Å². The number of Topliss-reactive ketones (excluding diaryl/α,β-unsaturated/α-hetero) is 1. The molecule has 1 unspecified atom stereocenters. The van der Waals surface area contributed by atoms with Crippen molar-refractivity contribution in [2.24, 2.45) is 28.6 Å². The molecule has 5 nitrogen and oxygen atoms in total. The van der Waals surface area contributed by atoms with E-state index in [4.69, 9.17) is 9.16 Å². The van der Waals surface area contributed by atoms with Crippen LogP contribution in [0.15, 0.2) is 0 Å². The average Bonchev–Trinajstić information content (AvgIpc) is 2.96. The first-order valence-corrected chi connectivity index (χ1v) is 15.3. The van der Waals surface area contributed by atoms with Crippen molar-refractivity contribution in [3.8, 4) is 0 Å². The second kappa shape index (κ2) is 8.42. The van der Waals surface area contributed by atoms with E-state index in [2.05, 4.69) is 40.8 Å². The Morgan fingerprint density at radius 3 is 2.41 bits per heavy atom. The molecule has 0 aromatic heterocycles. The Morgan fingerprint density at radius 2 is 1.84 bits per heavy atom. The molecule has 6 heteroatoms. The van der Waals surface area contributed by atoms with Crippen LogP contribution < -0.4 is 0 Å². The first-order chi connectivity index (χ1) is 14.7. The van der Waals surface area contributed by atoms with Crippen LogP contribution in [0.1, 0.15) is 80.1 Å². The molecule has 0 N–H and O–H groups in total. The van der Waals surface area contributed by atoms with Crippen molar-refractivity contribution in [3.63, 3.8) is 0 Å². The average molecular weight is 465 g/mol. The summed E-state index contributed by atoms with van der Waals surface area (Å²) in [6, 6.07) is 0. The highest BCUT2D eigenvalue weighted by molar-refractivity contribution is 6.74. The second-order valence-corrected chi connectivity index (χ2v) is 17.8. The topological polar surface area (TPSA) is 69.7 Å². The summed E-state index contributed by atoms with van der Waals surface area (Å²) in [4.78, 5) is 38.0. The third-order valence-corrected chi connectivity index (χ3v) is 14.3. The molecule has 6 atom stereocenters. The third-order valence-electron chi connectivity index (χ3n) is 9.75. The fourth-order valence-electron chi connectivity index (χ4n) is 6.63. The molecule has 0 radical (unpaired) electrons. The summed E-state index contributed by atoms with van der Waals surface area (Å²) in [7, 11) is -1.99. The zero-order chi connectivity index (χ0) is 24.2. The summed E-state index contributed by atoms with van der Waals surface area (Å²) >= 11 is 0. The molecule has 2 aliphatic heterocycles. The van der Waals surface area contributed by atoms with Crippen molar-refractivity contribution >= 4 is 26.7 Å². The van der Waals surface area contributed by atoms with Gasteiger partial charge in [0.25, 0.3) is 0 Å². The highest BCUT2D eigenvalue weighted by Gasteiger charge is 2.71. The van der Waals surface area contributed by atoms with Crippen molar-refractivity contribution in [1.29, 1.82) is 0 Å². The van der Waals surface area contributed by atoms with Crippen molar-refractivity contribution in [1.82, 2.24) is 0 Å². The first-order valence-electron chi connectivity index (χ1n) is 12.4. The van der Waals surface area contributed by atoms with E-state index in [-0.39, 0.29) is 40.1 Å². The maximum atomic E-state index is 14.5. The molecule has 1 aliphatic carbocycles. The van der Waals surface area contributed by atoms with Crippen LogP contribution in [0.25, 0.3) is 0 Å². The van der Waals surface area contributed by atoms with E-state index in [0.29, 0.717) is 19.4 Å². The van der Waals surface area contributed by atoms with Gasteiger partial charge in [-0.15, -0.1) is 0 Å². The van der Waals surface area contributed by atoms with Gasteiger partial charge < -0.3 is 18.8 Å². The molecule has 0 aromatic rings. The molecule has 182 valence electrons. The number of carbonyl (C=O) groups excluding carboxylic acids is 3. The monoisotopic (exact) mass is 464 g/mol.